The number of thiazole rings is 1. The Labute approximate surface area is 220 Å². The van der Waals surface area contributed by atoms with Gasteiger partial charge in [-0.2, -0.15) is 26.3 Å². The molecular formula is C23H15Cl2F6N3O2S. The molecule has 3 aromatic rings. The lowest BCUT2D eigenvalue weighted by molar-refractivity contribution is -0.275. The van der Waals surface area contributed by atoms with Crippen molar-refractivity contribution in [3.05, 3.63) is 84.8 Å². The van der Waals surface area contributed by atoms with E-state index in [1.165, 1.54) is 24.3 Å². The van der Waals surface area contributed by atoms with Gasteiger partial charge in [0.05, 0.1) is 12.3 Å². The molecule has 2 aromatic carbocycles. The van der Waals surface area contributed by atoms with Gasteiger partial charge >= 0.3 is 12.4 Å². The molecule has 1 amide bonds. The Morgan fingerprint density at radius 1 is 1.11 bits per heavy atom. The summed E-state index contributed by atoms with van der Waals surface area (Å²) in [5, 5.41) is 7.10. The first kappa shape index (κ1) is 27.2. The van der Waals surface area contributed by atoms with E-state index in [9.17, 15) is 31.1 Å². The van der Waals surface area contributed by atoms with Crippen LogP contribution in [0.3, 0.4) is 0 Å². The molecule has 1 aromatic heterocycles. The SMILES string of the molecule is Cc1cc(C2=NOC(c3cc(Cl)cc(Cl)c3)(C(F)(F)F)C2)ccc1C(=O)NCc1nc(C(F)(F)F)cs1. The van der Waals surface area contributed by atoms with Crippen molar-refractivity contribution in [2.75, 3.05) is 0 Å². The first-order chi connectivity index (χ1) is 17.2. The number of carbonyl (C=O) groups is 1. The highest BCUT2D eigenvalue weighted by molar-refractivity contribution is 7.09. The minimum absolute atomic E-state index is 0.00163. The number of benzene rings is 2. The molecule has 1 N–H and O–H groups in total. The fourth-order valence-corrected chi connectivity index (χ4v) is 4.98. The zero-order valence-corrected chi connectivity index (χ0v) is 20.9. The van der Waals surface area contributed by atoms with Crippen molar-refractivity contribution in [1.29, 1.82) is 0 Å². The quantitative estimate of drug-likeness (QED) is 0.322. The number of aryl methyl sites for hydroxylation is 1. The second kappa shape index (κ2) is 9.80. The summed E-state index contributed by atoms with van der Waals surface area (Å²) < 4.78 is 80.7. The number of aromatic nitrogens is 1. The van der Waals surface area contributed by atoms with Crippen LogP contribution < -0.4 is 5.32 Å². The Bertz CT molecular complexity index is 1370. The first-order valence-electron chi connectivity index (χ1n) is 10.4. The first-order valence-corrected chi connectivity index (χ1v) is 12.0. The molecule has 0 saturated heterocycles. The van der Waals surface area contributed by atoms with Gasteiger partial charge in [0.25, 0.3) is 11.5 Å². The van der Waals surface area contributed by atoms with Gasteiger partial charge in [-0.3, -0.25) is 4.79 Å². The van der Waals surface area contributed by atoms with E-state index < -0.39 is 36.0 Å². The van der Waals surface area contributed by atoms with E-state index in [0.29, 0.717) is 11.1 Å². The molecule has 1 unspecified atom stereocenters. The fourth-order valence-electron chi connectivity index (χ4n) is 3.72. The van der Waals surface area contributed by atoms with Crippen LogP contribution in [-0.2, 0) is 23.2 Å². The van der Waals surface area contributed by atoms with Crippen molar-refractivity contribution < 1.29 is 36.0 Å². The van der Waals surface area contributed by atoms with Crippen LogP contribution >= 0.6 is 34.5 Å². The highest BCUT2D eigenvalue weighted by Gasteiger charge is 2.62. The monoisotopic (exact) mass is 581 g/mol. The van der Waals surface area contributed by atoms with Gasteiger partial charge in [-0.25, -0.2) is 4.98 Å². The number of alkyl halides is 6. The highest BCUT2D eigenvalue weighted by Crippen LogP contribution is 2.49. The standard InChI is InChI=1S/C23H15Cl2F6N3O2S/c1-11-4-12(2-3-16(11)20(35)32-9-19-33-18(10-37-19)22(26,27)28)17-8-21(36-34-17,23(29,30)31)13-5-14(24)7-15(25)6-13/h2-7,10H,8-9H2,1H3,(H,32,35). The normalized spacial score (nSPS) is 17.9. The highest BCUT2D eigenvalue weighted by atomic mass is 35.5. The van der Waals surface area contributed by atoms with Crippen LogP contribution in [0.4, 0.5) is 26.3 Å². The number of hydrogen-bond acceptors (Lipinski definition) is 5. The molecule has 0 spiro atoms. The third-order valence-electron chi connectivity index (χ3n) is 5.56. The summed E-state index contributed by atoms with van der Waals surface area (Å²) in [6.07, 6.45) is -10.1. The van der Waals surface area contributed by atoms with Crippen LogP contribution in [0.5, 0.6) is 0 Å². The van der Waals surface area contributed by atoms with Crippen molar-refractivity contribution in [1.82, 2.24) is 10.3 Å². The summed E-state index contributed by atoms with van der Waals surface area (Å²) in [5.41, 5.74) is -3.28. The maximum atomic E-state index is 14.2. The Morgan fingerprint density at radius 3 is 2.35 bits per heavy atom. The third kappa shape index (κ3) is 5.55. The van der Waals surface area contributed by atoms with Gasteiger partial charge in [0.1, 0.15) is 5.01 Å². The number of hydrogen-bond donors (Lipinski definition) is 1. The van der Waals surface area contributed by atoms with Crippen molar-refractivity contribution >= 4 is 46.2 Å². The number of nitrogens with one attached hydrogen (secondary N) is 1. The van der Waals surface area contributed by atoms with Gasteiger partial charge in [0.2, 0.25) is 0 Å². The lowest BCUT2D eigenvalue weighted by atomic mass is 9.86. The number of oxime groups is 1. The van der Waals surface area contributed by atoms with Crippen molar-refractivity contribution in [2.45, 2.75) is 37.8 Å². The van der Waals surface area contributed by atoms with Gasteiger partial charge in [0.15, 0.2) is 5.69 Å². The van der Waals surface area contributed by atoms with Crippen LogP contribution in [0.15, 0.2) is 46.9 Å². The van der Waals surface area contributed by atoms with Gasteiger partial charge in [-0.1, -0.05) is 34.4 Å². The zero-order valence-electron chi connectivity index (χ0n) is 18.6. The lowest BCUT2D eigenvalue weighted by Gasteiger charge is -2.29. The summed E-state index contributed by atoms with van der Waals surface area (Å²) in [6.45, 7) is 1.34. The van der Waals surface area contributed by atoms with E-state index in [0.717, 1.165) is 28.8 Å². The van der Waals surface area contributed by atoms with Crippen LogP contribution in [-0.4, -0.2) is 22.8 Å². The number of halogens is 8. The predicted octanol–water partition coefficient (Wildman–Crippen LogP) is 7.29. The van der Waals surface area contributed by atoms with Gasteiger partial charge in [-0.05, 0) is 48.4 Å². The molecule has 0 aliphatic carbocycles. The molecule has 0 saturated carbocycles. The molecule has 4 rings (SSSR count). The Kier molecular flexibility index (Phi) is 7.21. The molecule has 0 bridgehead atoms. The largest absolute Gasteiger partial charge is 0.435 e. The number of nitrogens with zero attached hydrogens (tertiary/aromatic N) is 2. The summed E-state index contributed by atoms with van der Waals surface area (Å²) in [6, 6.07) is 7.78. The Hall–Kier alpha value is -2.83. The van der Waals surface area contributed by atoms with E-state index in [2.05, 4.69) is 15.5 Å². The average Bonchev–Trinajstić information content (AvgIpc) is 3.45. The second-order valence-electron chi connectivity index (χ2n) is 8.13. The summed E-state index contributed by atoms with van der Waals surface area (Å²) in [5.74, 6) is -0.587. The zero-order chi connectivity index (χ0) is 27.2. The molecule has 0 fully saturated rings. The average molecular weight is 582 g/mol. The van der Waals surface area contributed by atoms with Gasteiger partial charge in [-0.15, -0.1) is 11.3 Å². The smallest absolute Gasteiger partial charge is 0.374 e. The van der Waals surface area contributed by atoms with E-state index in [-0.39, 0.29) is 38.4 Å². The van der Waals surface area contributed by atoms with Gasteiger partial charge in [0, 0.05) is 33.0 Å². The number of amides is 1. The molecule has 5 nitrogen and oxygen atoms in total. The summed E-state index contributed by atoms with van der Waals surface area (Å²) in [4.78, 5) is 21.0. The molecule has 196 valence electrons. The minimum Gasteiger partial charge on any atom is -0.374 e. The van der Waals surface area contributed by atoms with E-state index in [1.54, 1.807) is 6.92 Å². The molecule has 0 radical (unpaired) electrons. The Balaban J connectivity index is 1.51. The Morgan fingerprint density at radius 2 is 1.78 bits per heavy atom. The summed E-state index contributed by atoms with van der Waals surface area (Å²) >= 11 is 12.6. The second-order valence-corrected chi connectivity index (χ2v) is 9.94. The van der Waals surface area contributed by atoms with Crippen molar-refractivity contribution in [3.63, 3.8) is 0 Å². The third-order valence-corrected chi connectivity index (χ3v) is 6.85. The maximum Gasteiger partial charge on any atom is 0.435 e. The maximum absolute atomic E-state index is 14.2. The fraction of sp³-hybridized carbons (Fsp3) is 0.261. The van der Waals surface area contributed by atoms with Crippen molar-refractivity contribution in [2.24, 2.45) is 5.16 Å². The number of carbonyl (C=O) groups excluding carboxylic acids is 1. The molecule has 2 heterocycles. The number of rotatable bonds is 5. The van der Waals surface area contributed by atoms with E-state index in [4.69, 9.17) is 28.0 Å². The molecule has 1 aliphatic heterocycles. The van der Waals surface area contributed by atoms with Crippen LogP contribution in [0.2, 0.25) is 10.0 Å². The molecule has 1 atom stereocenters. The molecular weight excluding hydrogens is 567 g/mol. The van der Waals surface area contributed by atoms with Crippen LogP contribution in [0.25, 0.3) is 0 Å². The molecule has 1 aliphatic rings. The lowest BCUT2D eigenvalue weighted by Crippen LogP contribution is -2.42. The van der Waals surface area contributed by atoms with Crippen molar-refractivity contribution in [3.8, 4) is 0 Å². The predicted molar refractivity (Wildman–Crippen MR) is 126 cm³/mol. The van der Waals surface area contributed by atoms with Crippen LogP contribution in [0, 0.1) is 6.92 Å². The molecule has 14 heteroatoms. The minimum atomic E-state index is -4.86. The summed E-state index contributed by atoms with van der Waals surface area (Å²) in [7, 11) is 0. The van der Waals surface area contributed by atoms with Gasteiger partial charge < -0.3 is 10.2 Å². The topological polar surface area (TPSA) is 63.6 Å². The van der Waals surface area contributed by atoms with E-state index >= 15 is 0 Å². The van der Waals surface area contributed by atoms with E-state index in [1.807, 2.05) is 0 Å². The molecule has 37 heavy (non-hydrogen) atoms. The van der Waals surface area contributed by atoms with Crippen LogP contribution in [0.1, 0.15) is 44.2 Å².